The number of hydrogen-bond donors (Lipinski definition) is 2. The minimum absolute atomic E-state index is 0.0285. The van der Waals surface area contributed by atoms with E-state index in [-0.39, 0.29) is 23.4 Å². The molecule has 1 amide bonds. The Hall–Kier alpha value is -2.17. The number of hydrogen-bond acceptors (Lipinski definition) is 6. The van der Waals surface area contributed by atoms with Gasteiger partial charge in [0.1, 0.15) is 10.8 Å². The number of amides is 1. The Kier molecular flexibility index (Phi) is 6.71. The highest BCUT2D eigenvalue weighted by atomic mass is 79.9. The van der Waals surface area contributed by atoms with Crippen molar-refractivity contribution in [1.29, 1.82) is 5.26 Å². The van der Waals surface area contributed by atoms with E-state index < -0.39 is 72.9 Å². The number of carboxylic acid groups (broad SMARTS) is 1. The number of nitriles is 1. The number of sulfone groups is 1. The van der Waals surface area contributed by atoms with Crippen LogP contribution in [0.5, 0.6) is 0 Å². The van der Waals surface area contributed by atoms with Gasteiger partial charge in [0, 0.05) is 10.4 Å². The van der Waals surface area contributed by atoms with E-state index >= 15 is 0 Å². The minimum Gasteiger partial charge on any atom is -0.481 e. The predicted molar refractivity (Wildman–Crippen MR) is 122 cm³/mol. The minimum atomic E-state index is -4.98. The monoisotopic (exact) mass is 592 g/mol. The summed E-state index contributed by atoms with van der Waals surface area (Å²) >= 11 is 2.93. The Morgan fingerprint density at radius 2 is 1.86 bits per heavy atom. The van der Waals surface area contributed by atoms with Crippen LogP contribution in [0.25, 0.3) is 0 Å². The molecule has 0 heterocycles. The molecule has 3 N–H and O–H groups in total. The average molecular weight is 593 g/mol. The first-order valence-electron chi connectivity index (χ1n) is 11.4. The van der Waals surface area contributed by atoms with E-state index in [0.717, 1.165) is 18.9 Å². The summed E-state index contributed by atoms with van der Waals surface area (Å²) in [5.41, 5.74) is 0.276. The van der Waals surface area contributed by atoms with Crippen molar-refractivity contribution in [1.82, 2.24) is 0 Å². The van der Waals surface area contributed by atoms with Crippen molar-refractivity contribution in [2.45, 2.75) is 73.5 Å². The Morgan fingerprint density at radius 1 is 1.22 bits per heavy atom. The molecule has 0 saturated heterocycles. The fraction of sp³-hybridized carbons (Fsp3) is 0.609. The second-order valence-corrected chi connectivity index (χ2v) is 12.9. The Balaban J connectivity index is 1.80. The lowest BCUT2D eigenvalue weighted by atomic mass is 9.75. The van der Waals surface area contributed by atoms with E-state index in [2.05, 4.69) is 15.9 Å². The van der Waals surface area contributed by atoms with Crippen molar-refractivity contribution >= 4 is 37.6 Å². The lowest BCUT2D eigenvalue weighted by Gasteiger charge is -2.34. The Bertz CT molecular complexity index is 1240. The number of carbonyl (C=O) groups is 2. The lowest BCUT2D eigenvalue weighted by molar-refractivity contribution is -0.164. The van der Waals surface area contributed by atoms with E-state index in [1.807, 2.05) is 0 Å². The van der Waals surface area contributed by atoms with E-state index in [0.29, 0.717) is 18.9 Å². The number of nitrogens with two attached hydrogens (primary N) is 1. The van der Waals surface area contributed by atoms with Gasteiger partial charge < -0.3 is 15.6 Å². The maximum absolute atomic E-state index is 13.8. The van der Waals surface area contributed by atoms with E-state index in [1.165, 1.54) is 6.07 Å². The van der Waals surface area contributed by atoms with Crippen LogP contribution in [0.1, 0.15) is 50.5 Å². The molecule has 0 aliphatic heterocycles. The zero-order chi connectivity index (χ0) is 26.7. The molecule has 0 aromatic heterocycles. The maximum atomic E-state index is 13.8. The molecule has 196 valence electrons. The largest absolute Gasteiger partial charge is 0.481 e. The number of rotatable bonds is 7. The van der Waals surface area contributed by atoms with Gasteiger partial charge in [-0.15, -0.1) is 0 Å². The van der Waals surface area contributed by atoms with Crippen LogP contribution in [0.15, 0.2) is 27.6 Å². The van der Waals surface area contributed by atoms with Gasteiger partial charge in [0.15, 0.2) is 9.84 Å². The molecule has 0 bridgehead atoms. The number of ether oxygens (including phenoxy) is 1. The molecule has 8 nitrogen and oxygen atoms in total. The molecule has 2 unspecified atom stereocenters. The fourth-order valence-corrected chi connectivity index (χ4v) is 8.32. The van der Waals surface area contributed by atoms with Gasteiger partial charge in [-0.05, 0) is 50.3 Å². The standard InChI is InChI=1S/C23H24BrF3N2O6S/c24-12-5-6-16(15(7-12)23(25,26)27)36(33,34)14-8-18(35-13-3-1-2-4-13)22(9-14,20(31)32)17-10-21(17,11-28)19(29)30/h5-7,13-14,17-18H,1-4,8-10H2,(H2,29,30)(H,31,32)/t14-,17?,18+,21?,22+/m1/s1. The van der Waals surface area contributed by atoms with Crippen molar-refractivity contribution < 1.29 is 41.0 Å². The Labute approximate surface area is 214 Å². The third-order valence-corrected chi connectivity index (χ3v) is 10.6. The molecule has 3 aliphatic rings. The summed E-state index contributed by atoms with van der Waals surface area (Å²) in [6.07, 6.45) is -4.80. The number of halogens is 4. The molecule has 36 heavy (non-hydrogen) atoms. The molecule has 3 aliphatic carbocycles. The van der Waals surface area contributed by atoms with Gasteiger partial charge in [-0.3, -0.25) is 9.59 Å². The van der Waals surface area contributed by atoms with E-state index in [9.17, 15) is 41.5 Å². The summed E-state index contributed by atoms with van der Waals surface area (Å²) in [4.78, 5) is 23.9. The normalized spacial score (nSPS) is 32.8. The second-order valence-electron chi connectivity index (χ2n) is 9.83. The molecule has 3 fully saturated rings. The summed E-state index contributed by atoms with van der Waals surface area (Å²) in [5, 5.41) is 18.5. The SMILES string of the molecule is N#CC1(C(N)=O)CC1[C@@]1(C(=O)O)C[C@H](S(=O)(=O)c2ccc(Br)cc2C(F)(F)F)C[C@@H]1OC1CCCC1. The van der Waals surface area contributed by atoms with Gasteiger partial charge in [-0.2, -0.15) is 18.4 Å². The molecule has 0 radical (unpaired) electrons. The van der Waals surface area contributed by atoms with E-state index in [1.54, 1.807) is 6.07 Å². The number of nitrogens with zero attached hydrogens (tertiary/aromatic N) is 1. The van der Waals surface area contributed by atoms with Crippen molar-refractivity contribution in [3.05, 3.63) is 28.2 Å². The lowest BCUT2D eigenvalue weighted by Crippen LogP contribution is -2.46. The summed E-state index contributed by atoms with van der Waals surface area (Å²) in [6.45, 7) is 0. The molecule has 3 saturated carbocycles. The van der Waals surface area contributed by atoms with Gasteiger partial charge >= 0.3 is 12.1 Å². The van der Waals surface area contributed by atoms with Crippen LogP contribution >= 0.6 is 15.9 Å². The molecular weight excluding hydrogens is 569 g/mol. The number of carboxylic acids is 1. The third-order valence-electron chi connectivity index (χ3n) is 7.89. The van der Waals surface area contributed by atoms with Crippen LogP contribution in [0.4, 0.5) is 13.2 Å². The number of alkyl halides is 3. The second kappa shape index (κ2) is 8.99. The van der Waals surface area contributed by atoms with Crippen LogP contribution < -0.4 is 5.73 Å². The Morgan fingerprint density at radius 3 is 2.36 bits per heavy atom. The maximum Gasteiger partial charge on any atom is 0.417 e. The molecule has 0 spiro atoms. The summed E-state index contributed by atoms with van der Waals surface area (Å²) in [7, 11) is -4.69. The first-order chi connectivity index (χ1) is 16.7. The van der Waals surface area contributed by atoms with Gasteiger partial charge in [-0.1, -0.05) is 28.8 Å². The van der Waals surface area contributed by atoms with E-state index in [4.69, 9.17) is 10.5 Å². The summed E-state index contributed by atoms with van der Waals surface area (Å²) in [5.74, 6) is -3.60. The van der Waals surface area contributed by atoms with Crippen LogP contribution in [0.3, 0.4) is 0 Å². The zero-order valence-corrected chi connectivity index (χ0v) is 21.3. The van der Waals surface area contributed by atoms with Crippen molar-refractivity contribution in [2.75, 3.05) is 0 Å². The van der Waals surface area contributed by atoms with Crippen LogP contribution in [-0.4, -0.2) is 42.9 Å². The fourth-order valence-electron chi connectivity index (χ4n) is 5.94. The smallest absolute Gasteiger partial charge is 0.417 e. The average Bonchev–Trinajstić information content (AvgIpc) is 3.12. The molecule has 4 rings (SSSR count). The number of benzene rings is 1. The predicted octanol–water partition coefficient (Wildman–Crippen LogP) is 3.82. The quantitative estimate of drug-likeness (QED) is 0.489. The van der Waals surface area contributed by atoms with Gasteiger partial charge in [0.05, 0.1) is 34.0 Å². The van der Waals surface area contributed by atoms with Gasteiger partial charge in [0.25, 0.3) is 0 Å². The highest BCUT2D eigenvalue weighted by Gasteiger charge is 2.75. The number of carbonyl (C=O) groups excluding carboxylic acids is 1. The molecular formula is C23H24BrF3N2O6S. The first kappa shape index (κ1) is 26.9. The molecule has 5 atom stereocenters. The number of aliphatic carboxylic acids is 1. The van der Waals surface area contributed by atoms with Crippen LogP contribution in [-0.2, 0) is 30.3 Å². The van der Waals surface area contributed by atoms with Crippen LogP contribution in [0, 0.1) is 28.1 Å². The first-order valence-corrected chi connectivity index (χ1v) is 13.7. The van der Waals surface area contributed by atoms with Gasteiger partial charge in [-0.25, -0.2) is 8.42 Å². The van der Waals surface area contributed by atoms with Crippen molar-refractivity contribution in [2.24, 2.45) is 22.5 Å². The molecule has 1 aromatic rings. The molecule has 1 aromatic carbocycles. The van der Waals surface area contributed by atoms with Crippen molar-refractivity contribution in [3.63, 3.8) is 0 Å². The number of primary amides is 1. The highest BCUT2D eigenvalue weighted by molar-refractivity contribution is 9.10. The van der Waals surface area contributed by atoms with Gasteiger partial charge in [0.2, 0.25) is 5.91 Å². The highest BCUT2D eigenvalue weighted by Crippen LogP contribution is 2.67. The van der Waals surface area contributed by atoms with Crippen molar-refractivity contribution in [3.8, 4) is 6.07 Å². The van der Waals surface area contributed by atoms with Crippen LogP contribution in [0.2, 0.25) is 0 Å². The molecule has 13 heteroatoms. The summed E-state index contributed by atoms with van der Waals surface area (Å²) < 4.78 is 74.6. The topological polar surface area (TPSA) is 148 Å². The third kappa shape index (κ3) is 4.20. The zero-order valence-electron chi connectivity index (χ0n) is 18.9. The summed E-state index contributed by atoms with van der Waals surface area (Å²) in [6, 6.07) is 4.47.